The molecule has 0 spiro atoms. The molecule has 0 aliphatic rings. The topological polar surface area (TPSA) is 0 Å². The normalized spacial score (nSPS) is 10.2. The van der Waals surface area contributed by atoms with Crippen LogP contribution in [0.4, 0.5) is 0 Å². The lowest BCUT2D eigenvalue weighted by molar-refractivity contribution is 1.05. The largest absolute Gasteiger partial charge is 0.179 e. The molecule has 0 nitrogen and oxygen atoms in total. The van der Waals surface area contributed by atoms with Gasteiger partial charge in [0, 0.05) is 4.08 Å². The molecule has 0 rings (SSSR count). The zero-order chi connectivity index (χ0) is 8.62. The minimum atomic E-state index is -0.111. The van der Waals surface area contributed by atoms with E-state index in [1.54, 1.807) is 0 Å². The van der Waals surface area contributed by atoms with Crippen LogP contribution in [0.3, 0.4) is 0 Å². The predicted molar refractivity (Wildman–Crippen MR) is 64.4 cm³/mol. The van der Waals surface area contributed by atoms with Crippen molar-refractivity contribution in [1.82, 2.24) is 0 Å². The van der Waals surface area contributed by atoms with Crippen molar-refractivity contribution >= 4 is 50.5 Å². The summed E-state index contributed by atoms with van der Waals surface area (Å²) in [6.07, 6.45) is 1.12. The Morgan fingerprint density at radius 1 is 1.00 bits per heavy atom. The monoisotopic (exact) mass is 216 g/mol. The van der Waals surface area contributed by atoms with Gasteiger partial charge in [0.15, 0.2) is 0 Å². The van der Waals surface area contributed by atoms with Crippen LogP contribution >= 0.6 is 50.5 Å². The molecule has 0 aromatic heterocycles. The summed E-state index contributed by atoms with van der Waals surface area (Å²) in [4.78, 5) is 0. The smallest absolute Gasteiger partial charge is 0.0495 e. The molecule has 0 bridgehead atoms. The van der Waals surface area contributed by atoms with Crippen molar-refractivity contribution in [2.75, 3.05) is 11.5 Å². The van der Waals surface area contributed by atoms with Crippen LogP contribution in [0.2, 0.25) is 0 Å². The average Bonchev–Trinajstić information content (AvgIpc) is 1.63. The number of rotatable bonds is 2. The number of hydrogen-bond donors (Lipinski definition) is 4. The van der Waals surface area contributed by atoms with E-state index in [9.17, 15) is 0 Å². The number of hydrogen-bond acceptors (Lipinski definition) is 4. The first-order chi connectivity index (χ1) is 4.41. The first-order valence-corrected chi connectivity index (χ1v) is 5.24. The minimum Gasteiger partial charge on any atom is -0.179 e. The Morgan fingerprint density at radius 2 is 1.20 bits per heavy atom. The maximum atomic E-state index is 3.99. The summed E-state index contributed by atoms with van der Waals surface area (Å²) in [5, 5.41) is 0. The molecule has 64 valence electrons. The quantitative estimate of drug-likeness (QED) is 0.396. The van der Waals surface area contributed by atoms with Crippen molar-refractivity contribution in [2.24, 2.45) is 0 Å². The Balaban J connectivity index is 0. The molecule has 10 heavy (non-hydrogen) atoms. The molecule has 0 fully saturated rings. The molecule has 0 heterocycles. The van der Waals surface area contributed by atoms with Crippen LogP contribution < -0.4 is 0 Å². The summed E-state index contributed by atoms with van der Waals surface area (Å²) in [6.45, 7) is 3.83. The SMILES string of the molecule is CC(C)(S)S.SCCCS. The molecule has 0 aliphatic heterocycles. The van der Waals surface area contributed by atoms with E-state index in [0.717, 1.165) is 17.9 Å². The van der Waals surface area contributed by atoms with Crippen LogP contribution in [-0.2, 0) is 0 Å². The Labute approximate surface area is 86.2 Å². The van der Waals surface area contributed by atoms with E-state index in [4.69, 9.17) is 0 Å². The third-order valence-electron chi connectivity index (χ3n) is 0.316. The molecule has 0 amide bonds. The fourth-order valence-corrected chi connectivity index (χ4v) is 0.636. The summed E-state index contributed by atoms with van der Waals surface area (Å²) < 4.78 is -0.111. The molecular formula is C6H16S4. The van der Waals surface area contributed by atoms with Crippen LogP contribution in [0.5, 0.6) is 0 Å². The van der Waals surface area contributed by atoms with Crippen molar-refractivity contribution in [3.63, 3.8) is 0 Å². The minimum absolute atomic E-state index is 0.111. The summed E-state index contributed by atoms with van der Waals surface area (Å²) in [5.74, 6) is 1.92. The standard InChI is InChI=1S/2C3H8S2/c1-3(2,4)5;4-2-1-3-5/h4-5H,1-2H3;4-5H,1-3H2. The van der Waals surface area contributed by atoms with Gasteiger partial charge < -0.3 is 0 Å². The third-order valence-corrected chi connectivity index (χ3v) is 0.949. The van der Waals surface area contributed by atoms with Crippen LogP contribution in [0.25, 0.3) is 0 Å². The van der Waals surface area contributed by atoms with Crippen molar-refractivity contribution in [2.45, 2.75) is 24.3 Å². The summed E-state index contributed by atoms with van der Waals surface area (Å²) in [7, 11) is 0. The van der Waals surface area contributed by atoms with Gasteiger partial charge in [-0.05, 0) is 31.8 Å². The fraction of sp³-hybridized carbons (Fsp3) is 1.00. The highest BCUT2D eigenvalue weighted by atomic mass is 32.2. The molecular weight excluding hydrogens is 200 g/mol. The van der Waals surface area contributed by atoms with Gasteiger partial charge in [-0.2, -0.15) is 50.5 Å². The molecule has 0 aliphatic carbocycles. The van der Waals surface area contributed by atoms with E-state index in [1.165, 1.54) is 0 Å². The van der Waals surface area contributed by atoms with Crippen LogP contribution in [0.15, 0.2) is 0 Å². The van der Waals surface area contributed by atoms with E-state index in [2.05, 4.69) is 50.5 Å². The maximum absolute atomic E-state index is 3.99. The highest BCUT2D eigenvalue weighted by Gasteiger charge is 1.98. The van der Waals surface area contributed by atoms with Gasteiger partial charge in [0.2, 0.25) is 0 Å². The molecule has 0 saturated heterocycles. The second-order valence-corrected chi connectivity index (χ2v) is 5.78. The van der Waals surface area contributed by atoms with Gasteiger partial charge in [-0.25, -0.2) is 0 Å². The van der Waals surface area contributed by atoms with Gasteiger partial charge >= 0.3 is 0 Å². The molecule has 0 aromatic carbocycles. The van der Waals surface area contributed by atoms with E-state index in [1.807, 2.05) is 13.8 Å². The van der Waals surface area contributed by atoms with Gasteiger partial charge in [0.05, 0.1) is 0 Å². The van der Waals surface area contributed by atoms with Gasteiger partial charge in [-0.15, -0.1) is 0 Å². The van der Waals surface area contributed by atoms with Crippen molar-refractivity contribution in [1.29, 1.82) is 0 Å². The van der Waals surface area contributed by atoms with Gasteiger partial charge in [0.1, 0.15) is 0 Å². The van der Waals surface area contributed by atoms with Gasteiger partial charge in [-0.3, -0.25) is 0 Å². The second-order valence-electron chi connectivity index (χ2n) is 2.30. The zero-order valence-corrected chi connectivity index (χ0v) is 9.99. The Hall–Kier alpha value is 1.40. The highest BCUT2D eigenvalue weighted by Crippen LogP contribution is 2.14. The molecule has 0 atom stereocenters. The van der Waals surface area contributed by atoms with E-state index in [-0.39, 0.29) is 4.08 Å². The lowest BCUT2D eigenvalue weighted by Crippen LogP contribution is -1.94. The predicted octanol–water partition coefficient (Wildman–Crippen LogP) is 2.82. The molecule has 0 saturated carbocycles. The summed E-state index contributed by atoms with van der Waals surface area (Å²) in [6, 6.07) is 0. The first-order valence-electron chi connectivity index (χ1n) is 3.08. The first kappa shape index (κ1) is 14.0. The number of thiol groups is 4. The lowest BCUT2D eigenvalue weighted by atomic mass is 10.6. The van der Waals surface area contributed by atoms with Crippen molar-refractivity contribution in [3.8, 4) is 0 Å². The van der Waals surface area contributed by atoms with Crippen molar-refractivity contribution < 1.29 is 0 Å². The molecule has 0 N–H and O–H groups in total. The fourth-order valence-electron chi connectivity index (χ4n) is 0.0707. The summed E-state index contributed by atoms with van der Waals surface area (Å²) in [5.41, 5.74) is 0. The Bertz CT molecular complexity index is 49.3. The molecule has 4 heteroatoms. The Morgan fingerprint density at radius 3 is 1.20 bits per heavy atom. The zero-order valence-electron chi connectivity index (χ0n) is 6.41. The third kappa shape index (κ3) is 57.4. The van der Waals surface area contributed by atoms with Crippen LogP contribution in [0.1, 0.15) is 20.3 Å². The van der Waals surface area contributed by atoms with Crippen molar-refractivity contribution in [3.05, 3.63) is 0 Å². The Kier molecular flexibility index (Phi) is 11.9. The van der Waals surface area contributed by atoms with E-state index >= 15 is 0 Å². The van der Waals surface area contributed by atoms with Gasteiger partial charge in [0.25, 0.3) is 0 Å². The van der Waals surface area contributed by atoms with E-state index in [0.29, 0.717) is 0 Å². The molecule has 0 unspecified atom stereocenters. The second kappa shape index (κ2) is 8.50. The molecule has 0 radical (unpaired) electrons. The van der Waals surface area contributed by atoms with Crippen LogP contribution in [-0.4, -0.2) is 15.6 Å². The highest BCUT2D eigenvalue weighted by molar-refractivity contribution is 8.00. The maximum Gasteiger partial charge on any atom is 0.0495 e. The van der Waals surface area contributed by atoms with Gasteiger partial charge in [-0.1, -0.05) is 0 Å². The van der Waals surface area contributed by atoms with Crippen LogP contribution in [0, 0.1) is 0 Å². The van der Waals surface area contributed by atoms with E-state index < -0.39 is 0 Å². The lowest BCUT2D eigenvalue weighted by Gasteiger charge is -2.03. The average molecular weight is 216 g/mol. The molecule has 0 aromatic rings. The summed E-state index contributed by atoms with van der Waals surface area (Å²) >= 11 is 15.9.